The van der Waals surface area contributed by atoms with Gasteiger partial charge in [0.25, 0.3) is 0 Å². The molecule has 0 radical (unpaired) electrons. The Balaban J connectivity index is 1.49. The van der Waals surface area contributed by atoms with Gasteiger partial charge in [-0.05, 0) is 49.7 Å². The highest BCUT2D eigenvalue weighted by atomic mass is 15.4. The molecule has 5 heteroatoms. The summed E-state index contributed by atoms with van der Waals surface area (Å²) in [5.41, 5.74) is 2.67. The molecule has 0 unspecified atom stereocenters. The van der Waals surface area contributed by atoms with E-state index in [2.05, 4.69) is 42.8 Å². The summed E-state index contributed by atoms with van der Waals surface area (Å²) in [5, 5.41) is 4.58. The van der Waals surface area contributed by atoms with Crippen molar-refractivity contribution in [1.82, 2.24) is 24.6 Å². The molecule has 4 heterocycles. The van der Waals surface area contributed by atoms with Crippen molar-refractivity contribution in [2.45, 2.75) is 32.0 Å². The molecule has 0 spiro atoms. The summed E-state index contributed by atoms with van der Waals surface area (Å²) in [5.74, 6) is 0. The molecule has 0 N–H and O–H groups in total. The van der Waals surface area contributed by atoms with E-state index >= 15 is 0 Å². The maximum atomic E-state index is 4.58. The summed E-state index contributed by atoms with van der Waals surface area (Å²) in [6, 6.07) is 6.86. The van der Waals surface area contributed by atoms with E-state index in [0.29, 0.717) is 6.04 Å². The standard InChI is InChI=1S/C17H23N5/c1-2-10-20(9-1)13-17-14-21(11-15-3-6-18-7-4-15)12-16-5-8-19-22(16)17/h3-8,17H,1-2,9-14H2/t17-/m0/s1. The maximum absolute atomic E-state index is 4.58. The lowest BCUT2D eigenvalue weighted by atomic mass is 10.1. The quantitative estimate of drug-likeness (QED) is 0.864. The van der Waals surface area contributed by atoms with E-state index in [0.717, 1.165) is 26.2 Å². The van der Waals surface area contributed by atoms with Gasteiger partial charge in [-0.1, -0.05) is 0 Å². The van der Waals surface area contributed by atoms with Gasteiger partial charge < -0.3 is 4.90 Å². The van der Waals surface area contributed by atoms with Gasteiger partial charge in [-0.3, -0.25) is 14.6 Å². The normalized spacial score (nSPS) is 22.8. The number of pyridine rings is 1. The van der Waals surface area contributed by atoms with E-state index in [4.69, 9.17) is 0 Å². The Morgan fingerprint density at radius 3 is 2.64 bits per heavy atom. The average Bonchev–Trinajstić information content (AvgIpc) is 3.19. The van der Waals surface area contributed by atoms with Crippen molar-refractivity contribution in [3.8, 4) is 0 Å². The fourth-order valence-corrected chi connectivity index (χ4v) is 3.73. The number of likely N-dealkylation sites (tertiary alicyclic amines) is 1. The van der Waals surface area contributed by atoms with Crippen molar-refractivity contribution in [2.24, 2.45) is 0 Å². The van der Waals surface area contributed by atoms with Crippen LogP contribution < -0.4 is 0 Å². The van der Waals surface area contributed by atoms with Gasteiger partial charge >= 0.3 is 0 Å². The molecule has 0 aromatic carbocycles. The van der Waals surface area contributed by atoms with E-state index in [1.54, 1.807) is 0 Å². The minimum absolute atomic E-state index is 0.471. The lowest BCUT2D eigenvalue weighted by Gasteiger charge is -2.35. The van der Waals surface area contributed by atoms with E-state index < -0.39 is 0 Å². The first-order chi connectivity index (χ1) is 10.9. The Morgan fingerprint density at radius 1 is 1.00 bits per heavy atom. The number of fused-ring (bicyclic) bond motifs is 1. The van der Waals surface area contributed by atoms with Crippen LogP contribution >= 0.6 is 0 Å². The van der Waals surface area contributed by atoms with Crippen molar-refractivity contribution in [2.75, 3.05) is 26.2 Å². The SMILES string of the molecule is c1cc(CN2Cc3ccnn3[C@@H](CN3CCCC3)C2)ccn1. The number of rotatable bonds is 4. The van der Waals surface area contributed by atoms with Crippen molar-refractivity contribution in [3.05, 3.63) is 48.0 Å². The third-order valence-corrected chi connectivity index (χ3v) is 4.78. The van der Waals surface area contributed by atoms with E-state index in [1.807, 2.05) is 18.6 Å². The van der Waals surface area contributed by atoms with Crippen molar-refractivity contribution in [1.29, 1.82) is 0 Å². The van der Waals surface area contributed by atoms with Crippen molar-refractivity contribution in [3.63, 3.8) is 0 Å². The second-order valence-corrected chi connectivity index (χ2v) is 6.45. The Bertz CT molecular complexity index is 603. The van der Waals surface area contributed by atoms with Crippen LogP contribution in [0.2, 0.25) is 0 Å². The van der Waals surface area contributed by atoms with Crippen LogP contribution in [0.3, 0.4) is 0 Å². The Labute approximate surface area is 131 Å². The third-order valence-electron chi connectivity index (χ3n) is 4.78. The average molecular weight is 297 g/mol. The van der Waals surface area contributed by atoms with Crippen molar-refractivity contribution >= 4 is 0 Å². The van der Waals surface area contributed by atoms with Gasteiger partial charge in [0, 0.05) is 44.8 Å². The molecule has 1 fully saturated rings. The minimum atomic E-state index is 0.471. The molecule has 1 atom stereocenters. The van der Waals surface area contributed by atoms with E-state index in [1.165, 1.54) is 37.2 Å². The van der Waals surface area contributed by atoms with Gasteiger partial charge in [0.1, 0.15) is 0 Å². The first-order valence-electron chi connectivity index (χ1n) is 8.24. The van der Waals surface area contributed by atoms with Gasteiger partial charge in [-0.2, -0.15) is 5.10 Å². The molecule has 116 valence electrons. The first kappa shape index (κ1) is 13.9. The number of hydrogen-bond acceptors (Lipinski definition) is 4. The van der Waals surface area contributed by atoms with Gasteiger partial charge in [-0.15, -0.1) is 0 Å². The molecule has 0 aliphatic carbocycles. The Hall–Kier alpha value is -1.72. The second kappa shape index (κ2) is 6.18. The molecule has 4 rings (SSSR count). The summed E-state index contributed by atoms with van der Waals surface area (Å²) < 4.78 is 2.25. The summed E-state index contributed by atoms with van der Waals surface area (Å²) in [6.45, 7) is 6.67. The van der Waals surface area contributed by atoms with Crippen LogP contribution in [-0.2, 0) is 13.1 Å². The third kappa shape index (κ3) is 2.91. The largest absolute Gasteiger partial charge is 0.301 e. The minimum Gasteiger partial charge on any atom is -0.301 e. The molecule has 0 saturated carbocycles. The zero-order valence-corrected chi connectivity index (χ0v) is 12.9. The van der Waals surface area contributed by atoms with Crippen molar-refractivity contribution < 1.29 is 0 Å². The first-order valence-corrected chi connectivity index (χ1v) is 8.24. The fourth-order valence-electron chi connectivity index (χ4n) is 3.73. The van der Waals surface area contributed by atoms with Crippen LogP contribution in [-0.4, -0.2) is 50.7 Å². The highest BCUT2D eigenvalue weighted by Gasteiger charge is 2.27. The Kier molecular flexibility index (Phi) is 3.91. The molecule has 2 aliphatic rings. The molecular formula is C17H23N5. The number of nitrogens with zero attached hydrogens (tertiary/aromatic N) is 5. The van der Waals surface area contributed by atoms with Crippen LogP contribution in [0.5, 0.6) is 0 Å². The summed E-state index contributed by atoms with van der Waals surface area (Å²) in [4.78, 5) is 9.23. The van der Waals surface area contributed by atoms with Gasteiger partial charge in [0.15, 0.2) is 0 Å². The predicted octanol–water partition coefficient (Wildman–Crippen LogP) is 1.93. The summed E-state index contributed by atoms with van der Waals surface area (Å²) in [6.07, 6.45) is 8.40. The Morgan fingerprint density at radius 2 is 1.82 bits per heavy atom. The molecule has 0 amide bonds. The molecule has 1 saturated heterocycles. The molecular weight excluding hydrogens is 274 g/mol. The van der Waals surface area contributed by atoms with Gasteiger partial charge in [0.05, 0.1) is 11.7 Å². The van der Waals surface area contributed by atoms with E-state index in [-0.39, 0.29) is 0 Å². The molecule has 2 aromatic rings. The van der Waals surface area contributed by atoms with Crippen LogP contribution in [0.15, 0.2) is 36.8 Å². The lowest BCUT2D eigenvalue weighted by Crippen LogP contribution is -2.42. The maximum Gasteiger partial charge on any atom is 0.0776 e. The van der Waals surface area contributed by atoms with Crippen LogP contribution in [0, 0.1) is 0 Å². The highest BCUT2D eigenvalue weighted by molar-refractivity contribution is 5.11. The lowest BCUT2D eigenvalue weighted by molar-refractivity contribution is 0.139. The summed E-state index contributed by atoms with van der Waals surface area (Å²) >= 11 is 0. The topological polar surface area (TPSA) is 37.2 Å². The number of aromatic nitrogens is 3. The molecule has 2 aliphatic heterocycles. The molecule has 22 heavy (non-hydrogen) atoms. The molecule has 0 bridgehead atoms. The van der Waals surface area contributed by atoms with Crippen LogP contribution in [0.25, 0.3) is 0 Å². The number of hydrogen-bond donors (Lipinski definition) is 0. The smallest absolute Gasteiger partial charge is 0.0776 e. The zero-order chi connectivity index (χ0) is 14.8. The van der Waals surface area contributed by atoms with Gasteiger partial charge in [-0.25, -0.2) is 0 Å². The molecule has 2 aromatic heterocycles. The zero-order valence-electron chi connectivity index (χ0n) is 12.9. The van der Waals surface area contributed by atoms with Gasteiger partial charge in [0.2, 0.25) is 0 Å². The fraction of sp³-hybridized carbons (Fsp3) is 0.529. The summed E-state index contributed by atoms with van der Waals surface area (Å²) in [7, 11) is 0. The highest BCUT2D eigenvalue weighted by Crippen LogP contribution is 2.24. The predicted molar refractivity (Wildman–Crippen MR) is 85.3 cm³/mol. The molecule has 5 nitrogen and oxygen atoms in total. The van der Waals surface area contributed by atoms with Crippen LogP contribution in [0.1, 0.15) is 30.1 Å². The monoisotopic (exact) mass is 297 g/mol. The van der Waals surface area contributed by atoms with Crippen LogP contribution in [0.4, 0.5) is 0 Å². The van der Waals surface area contributed by atoms with E-state index in [9.17, 15) is 0 Å². The second-order valence-electron chi connectivity index (χ2n) is 6.45.